The highest BCUT2D eigenvalue weighted by atomic mass is 16.5. The van der Waals surface area contributed by atoms with Gasteiger partial charge in [0.2, 0.25) is 0 Å². The number of benzene rings is 2. The number of hydrogen-bond donors (Lipinski definition) is 2. The van der Waals surface area contributed by atoms with Crippen LogP contribution in [-0.2, 0) is 11.2 Å². The molecule has 0 unspecified atom stereocenters. The molecule has 2 aromatic carbocycles. The van der Waals surface area contributed by atoms with Crippen LogP contribution in [0, 0.1) is 11.3 Å². The van der Waals surface area contributed by atoms with E-state index in [9.17, 15) is 5.26 Å². The largest absolute Gasteiger partial charge is 0.382 e. The van der Waals surface area contributed by atoms with Crippen molar-refractivity contribution in [1.29, 1.82) is 5.26 Å². The maximum atomic E-state index is 9.60. The number of aromatic nitrogens is 1. The SMILES string of the molecule is [B]c1ccc2c(N3C[C@@H]4C[C@H](Nc5ccc(C[C@@H]6CNCCO6)cc5)CCN4[C@H](C)C3)ccc(C#N)c2n1. The minimum atomic E-state index is 0.268. The number of ether oxygens (including phenoxy) is 1. The standard InChI is InChI=1S/C30H35BN6O/c1-20-18-36(28-8-4-22(16-32)30-27(28)7-9-29(31)35-30)19-25-15-24(10-12-37(20)25)34-23-5-2-21(3-6-23)14-26-17-33-11-13-38-26/h2-9,20,24-26,33-34H,10-15,17-19H2,1H3/t20-,24-,25+,26-/m1/s1. The Morgan fingerprint density at radius 1 is 1.16 bits per heavy atom. The molecule has 3 aromatic rings. The Hall–Kier alpha value is -3.12. The lowest BCUT2D eigenvalue weighted by Gasteiger charge is -2.50. The summed E-state index contributed by atoms with van der Waals surface area (Å²) < 4.78 is 5.86. The predicted molar refractivity (Wildman–Crippen MR) is 153 cm³/mol. The van der Waals surface area contributed by atoms with Gasteiger partial charge in [0, 0.05) is 67.6 Å². The van der Waals surface area contributed by atoms with Crippen molar-refractivity contribution in [3.63, 3.8) is 0 Å². The summed E-state index contributed by atoms with van der Waals surface area (Å²) in [6.07, 6.45) is 3.47. The predicted octanol–water partition coefficient (Wildman–Crippen LogP) is 2.58. The summed E-state index contributed by atoms with van der Waals surface area (Å²) in [6.45, 7) is 8.04. The molecule has 3 saturated heterocycles. The number of anilines is 2. The Balaban J connectivity index is 1.14. The second-order valence-corrected chi connectivity index (χ2v) is 11.0. The molecule has 7 nitrogen and oxygen atoms in total. The molecule has 2 radical (unpaired) electrons. The van der Waals surface area contributed by atoms with Gasteiger partial charge in [-0.3, -0.25) is 9.88 Å². The van der Waals surface area contributed by atoms with Gasteiger partial charge in [-0.2, -0.15) is 5.26 Å². The van der Waals surface area contributed by atoms with Gasteiger partial charge in [0.25, 0.3) is 0 Å². The molecule has 2 N–H and O–H groups in total. The Morgan fingerprint density at radius 3 is 2.82 bits per heavy atom. The summed E-state index contributed by atoms with van der Waals surface area (Å²) in [5.41, 5.74) is 5.36. The van der Waals surface area contributed by atoms with E-state index in [1.165, 1.54) is 11.3 Å². The molecule has 1 aromatic heterocycles. The summed E-state index contributed by atoms with van der Waals surface area (Å²) in [5.74, 6) is 0. The summed E-state index contributed by atoms with van der Waals surface area (Å²) >= 11 is 0. The molecule has 6 rings (SSSR count). The van der Waals surface area contributed by atoms with E-state index in [0.717, 1.165) is 69.7 Å². The lowest BCUT2D eigenvalue weighted by molar-refractivity contribution is 0.0292. The van der Waals surface area contributed by atoms with Gasteiger partial charge in [0.1, 0.15) is 13.9 Å². The number of piperazine rings is 1. The van der Waals surface area contributed by atoms with Crippen LogP contribution < -0.4 is 21.1 Å². The second-order valence-electron chi connectivity index (χ2n) is 11.0. The van der Waals surface area contributed by atoms with Crippen LogP contribution in [0.3, 0.4) is 0 Å². The zero-order valence-electron chi connectivity index (χ0n) is 22.1. The summed E-state index contributed by atoms with van der Waals surface area (Å²) in [5, 5.41) is 17.8. The highest BCUT2D eigenvalue weighted by Gasteiger charge is 2.37. The van der Waals surface area contributed by atoms with E-state index in [1.54, 1.807) is 0 Å². The van der Waals surface area contributed by atoms with Crippen LogP contribution in [0.25, 0.3) is 10.9 Å². The molecule has 3 aliphatic rings. The van der Waals surface area contributed by atoms with Gasteiger partial charge in [-0.1, -0.05) is 18.2 Å². The lowest BCUT2D eigenvalue weighted by Crippen LogP contribution is -2.61. The van der Waals surface area contributed by atoms with Gasteiger partial charge < -0.3 is 20.3 Å². The molecule has 8 heteroatoms. The van der Waals surface area contributed by atoms with E-state index in [1.807, 2.05) is 18.2 Å². The van der Waals surface area contributed by atoms with E-state index >= 15 is 0 Å². The van der Waals surface area contributed by atoms with E-state index in [2.05, 4.69) is 68.7 Å². The number of piperidine rings is 1. The van der Waals surface area contributed by atoms with Crippen LogP contribution in [0.5, 0.6) is 0 Å². The smallest absolute Gasteiger partial charge is 0.141 e. The normalized spacial score (nSPS) is 26.1. The van der Waals surface area contributed by atoms with Crippen molar-refractivity contribution in [3.8, 4) is 6.07 Å². The Kier molecular flexibility index (Phi) is 7.25. The monoisotopic (exact) mass is 506 g/mol. The number of hydrogen-bond acceptors (Lipinski definition) is 7. The molecular formula is C30H35BN6O. The first-order valence-electron chi connectivity index (χ1n) is 13.8. The third-order valence-corrected chi connectivity index (χ3v) is 8.35. The molecule has 3 aliphatic heterocycles. The summed E-state index contributed by atoms with van der Waals surface area (Å²) in [4.78, 5) is 9.66. The van der Waals surface area contributed by atoms with Crippen molar-refractivity contribution in [1.82, 2.24) is 15.2 Å². The van der Waals surface area contributed by atoms with Gasteiger partial charge in [0.15, 0.2) is 0 Å². The first-order valence-corrected chi connectivity index (χ1v) is 13.8. The first kappa shape index (κ1) is 25.2. The van der Waals surface area contributed by atoms with Gasteiger partial charge in [-0.05, 0) is 67.7 Å². The highest BCUT2D eigenvalue weighted by Crippen LogP contribution is 2.33. The number of pyridine rings is 1. The fourth-order valence-electron chi connectivity index (χ4n) is 6.48. The molecule has 194 valence electrons. The fraction of sp³-hybridized carbons (Fsp3) is 0.467. The van der Waals surface area contributed by atoms with E-state index < -0.39 is 0 Å². The second kappa shape index (κ2) is 10.9. The topological polar surface area (TPSA) is 76.5 Å². The van der Waals surface area contributed by atoms with Crippen molar-refractivity contribution in [2.75, 3.05) is 49.5 Å². The van der Waals surface area contributed by atoms with Crippen molar-refractivity contribution < 1.29 is 4.74 Å². The maximum Gasteiger partial charge on any atom is 0.141 e. The quantitative estimate of drug-likeness (QED) is 0.516. The minimum Gasteiger partial charge on any atom is -0.382 e. The average Bonchev–Trinajstić information content (AvgIpc) is 2.94. The number of nitrogens with zero attached hydrogens (tertiary/aromatic N) is 4. The van der Waals surface area contributed by atoms with Gasteiger partial charge in [0.05, 0.1) is 23.8 Å². The van der Waals surface area contributed by atoms with Gasteiger partial charge in [-0.15, -0.1) is 0 Å². The average molecular weight is 506 g/mol. The van der Waals surface area contributed by atoms with E-state index in [-0.39, 0.29) is 6.10 Å². The summed E-state index contributed by atoms with van der Waals surface area (Å²) in [6, 6.07) is 20.3. The number of nitriles is 1. The minimum absolute atomic E-state index is 0.268. The van der Waals surface area contributed by atoms with Crippen LogP contribution in [0.15, 0.2) is 48.5 Å². The number of morpholine rings is 1. The molecular weight excluding hydrogens is 471 g/mol. The van der Waals surface area contributed by atoms with Crippen molar-refractivity contribution in [3.05, 3.63) is 59.7 Å². The molecule has 0 aliphatic carbocycles. The molecule has 0 spiro atoms. The Bertz CT molecular complexity index is 1320. The molecule has 4 atom stereocenters. The first-order chi connectivity index (χ1) is 18.6. The lowest BCUT2D eigenvalue weighted by atomic mass is 9.91. The third-order valence-electron chi connectivity index (χ3n) is 8.35. The van der Waals surface area contributed by atoms with Crippen LogP contribution in [0.2, 0.25) is 0 Å². The van der Waals surface area contributed by atoms with E-state index in [0.29, 0.717) is 34.8 Å². The molecule has 0 bridgehead atoms. The molecule has 0 amide bonds. The molecule has 4 heterocycles. The van der Waals surface area contributed by atoms with Crippen LogP contribution in [0.1, 0.15) is 30.9 Å². The van der Waals surface area contributed by atoms with Gasteiger partial charge >= 0.3 is 0 Å². The highest BCUT2D eigenvalue weighted by molar-refractivity contribution is 6.31. The third kappa shape index (κ3) is 5.24. The van der Waals surface area contributed by atoms with E-state index in [4.69, 9.17) is 12.6 Å². The van der Waals surface area contributed by atoms with Crippen LogP contribution in [0.4, 0.5) is 11.4 Å². The molecule has 0 saturated carbocycles. The fourth-order valence-corrected chi connectivity index (χ4v) is 6.48. The number of fused-ring (bicyclic) bond motifs is 2. The summed E-state index contributed by atoms with van der Waals surface area (Å²) in [7, 11) is 5.96. The van der Waals surface area contributed by atoms with Crippen molar-refractivity contribution in [2.24, 2.45) is 0 Å². The van der Waals surface area contributed by atoms with Crippen molar-refractivity contribution >= 4 is 35.7 Å². The zero-order chi connectivity index (χ0) is 26.1. The number of rotatable bonds is 5. The van der Waals surface area contributed by atoms with Crippen LogP contribution in [-0.4, -0.2) is 81.3 Å². The molecule has 3 fully saturated rings. The molecule has 38 heavy (non-hydrogen) atoms. The Morgan fingerprint density at radius 2 is 2.03 bits per heavy atom. The number of nitrogens with one attached hydrogen (secondary N) is 2. The Labute approximate surface area is 226 Å². The van der Waals surface area contributed by atoms with Crippen molar-refractivity contribution in [2.45, 2.75) is 50.4 Å². The maximum absolute atomic E-state index is 9.60. The zero-order valence-corrected chi connectivity index (χ0v) is 22.1. The van der Waals surface area contributed by atoms with Gasteiger partial charge in [-0.25, -0.2) is 0 Å². The van der Waals surface area contributed by atoms with Crippen LogP contribution >= 0.6 is 0 Å².